The van der Waals surface area contributed by atoms with E-state index in [0.29, 0.717) is 24.7 Å². The van der Waals surface area contributed by atoms with E-state index >= 15 is 0 Å². The highest BCUT2D eigenvalue weighted by Gasteiger charge is 2.38. The molecule has 2 aliphatic heterocycles. The molecule has 8 heteroatoms. The fourth-order valence-corrected chi connectivity index (χ4v) is 4.91. The molecule has 1 aromatic carbocycles. The van der Waals surface area contributed by atoms with Crippen LogP contribution < -0.4 is 0 Å². The van der Waals surface area contributed by atoms with Crippen LogP contribution in [0.5, 0.6) is 0 Å². The molecule has 2 heterocycles. The Morgan fingerprint density at radius 1 is 1.23 bits per heavy atom. The molecule has 1 aromatic rings. The van der Waals surface area contributed by atoms with Crippen molar-refractivity contribution in [2.75, 3.05) is 45.5 Å². The van der Waals surface area contributed by atoms with Crippen LogP contribution in [0.25, 0.3) is 0 Å². The van der Waals surface area contributed by atoms with Crippen molar-refractivity contribution in [3.05, 3.63) is 34.9 Å². The molecule has 144 valence electrons. The zero-order valence-electron chi connectivity index (χ0n) is 15.1. The Bertz CT molecular complexity index is 744. The molecule has 26 heavy (non-hydrogen) atoms. The average molecular weight is 400 g/mol. The van der Waals surface area contributed by atoms with Crippen molar-refractivity contribution >= 4 is 27.5 Å². The zero-order chi connectivity index (χ0) is 18.7. The van der Waals surface area contributed by atoms with Gasteiger partial charge in [0.1, 0.15) is 0 Å². The largest absolute Gasteiger partial charge is 0.339 e. The van der Waals surface area contributed by atoms with E-state index in [1.165, 1.54) is 19.1 Å². The van der Waals surface area contributed by atoms with Gasteiger partial charge >= 0.3 is 0 Å². The Morgan fingerprint density at radius 2 is 1.88 bits per heavy atom. The summed E-state index contributed by atoms with van der Waals surface area (Å²) in [5, 5.41) is 0.585. The first-order chi connectivity index (χ1) is 12.3. The Hall–Kier alpha value is -1.15. The first-order valence-electron chi connectivity index (χ1n) is 9.05. The number of hydrogen-bond donors (Lipinski definition) is 0. The van der Waals surface area contributed by atoms with E-state index in [2.05, 4.69) is 4.90 Å². The van der Waals surface area contributed by atoms with E-state index in [1.807, 2.05) is 18.2 Å². The number of halogens is 1. The number of carbonyl (C=O) groups is 1. The Labute approximate surface area is 160 Å². The minimum absolute atomic E-state index is 0.0117. The van der Waals surface area contributed by atoms with E-state index in [1.54, 1.807) is 15.3 Å². The lowest BCUT2D eigenvalue weighted by molar-refractivity contribution is -0.136. The lowest BCUT2D eigenvalue weighted by atomic mass is 10.1. The van der Waals surface area contributed by atoms with Gasteiger partial charge in [0.25, 0.3) is 0 Å². The summed E-state index contributed by atoms with van der Waals surface area (Å²) in [4.78, 5) is 16.4. The van der Waals surface area contributed by atoms with E-state index in [0.717, 1.165) is 25.2 Å². The van der Waals surface area contributed by atoms with Gasteiger partial charge in [-0.25, -0.2) is 8.42 Å². The van der Waals surface area contributed by atoms with Gasteiger partial charge in [0, 0.05) is 31.2 Å². The summed E-state index contributed by atoms with van der Waals surface area (Å²) in [7, 11) is -3.28. The Morgan fingerprint density at radius 3 is 2.50 bits per heavy atom. The van der Waals surface area contributed by atoms with Gasteiger partial charge in [0.15, 0.2) is 0 Å². The first-order valence-corrected chi connectivity index (χ1v) is 11.3. The number of sulfonamides is 1. The van der Waals surface area contributed by atoms with Crippen molar-refractivity contribution in [3.63, 3.8) is 0 Å². The Kier molecular flexibility index (Phi) is 6.22. The molecule has 3 rings (SSSR count). The van der Waals surface area contributed by atoms with Crippen LogP contribution in [-0.2, 0) is 21.2 Å². The molecule has 2 fully saturated rings. The number of benzene rings is 1. The molecule has 0 aliphatic carbocycles. The molecule has 2 aliphatic rings. The second-order valence-corrected chi connectivity index (χ2v) is 9.49. The SMILES string of the molecule is CS(=O)(=O)N(CCN1CCCC1)C1CN(C(=O)Cc2ccccc2Cl)C1. The van der Waals surface area contributed by atoms with Gasteiger partial charge in [-0.2, -0.15) is 4.31 Å². The number of likely N-dealkylation sites (tertiary alicyclic amines) is 2. The fourth-order valence-electron chi connectivity index (χ4n) is 3.62. The van der Waals surface area contributed by atoms with Crippen LogP contribution in [0.3, 0.4) is 0 Å². The molecule has 0 bridgehead atoms. The number of nitrogens with zero attached hydrogens (tertiary/aromatic N) is 3. The van der Waals surface area contributed by atoms with Crippen molar-refractivity contribution in [1.29, 1.82) is 0 Å². The first kappa shape index (κ1) is 19.6. The highest BCUT2D eigenvalue weighted by Crippen LogP contribution is 2.22. The topological polar surface area (TPSA) is 60.9 Å². The number of rotatable bonds is 7. The zero-order valence-corrected chi connectivity index (χ0v) is 16.7. The predicted molar refractivity (Wildman–Crippen MR) is 103 cm³/mol. The molecule has 0 saturated carbocycles. The highest BCUT2D eigenvalue weighted by atomic mass is 35.5. The molecule has 6 nitrogen and oxygen atoms in total. The van der Waals surface area contributed by atoms with Crippen molar-refractivity contribution in [2.24, 2.45) is 0 Å². The second-order valence-electron chi connectivity index (χ2n) is 7.14. The number of carbonyl (C=O) groups excluding carboxylic acids is 1. The molecular weight excluding hydrogens is 374 g/mol. The summed E-state index contributed by atoms with van der Waals surface area (Å²) >= 11 is 6.11. The summed E-state index contributed by atoms with van der Waals surface area (Å²) in [5.74, 6) is -0.0117. The van der Waals surface area contributed by atoms with Gasteiger partial charge < -0.3 is 9.80 Å². The number of amides is 1. The molecule has 0 spiro atoms. The molecule has 1 amide bonds. The van der Waals surface area contributed by atoms with Crippen LogP contribution in [0.4, 0.5) is 0 Å². The van der Waals surface area contributed by atoms with Gasteiger partial charge in [0.2, 0.25) is 15.9 Å². The fraction of sp³-hybridized carbons (Fsp3) is 0.611. The molecular formula is C18H26ClN3O3S. The van der Waals surface area contributed by atoms with E-state index < -0.39 is 10.0 Å². The van der Waals surface area contributed by atoms with Gasteiger partial charge in [-0.3, -0.25) is 4.79 Å². The lowest BCUT2D eigenvalue weighted by Gasteiger charge is -2.44. The van der Waals surface area contributed by atoms with Crippen molar-refractivity contribution < 1.29 is 13.2 Å². The van der Waals surface area contributed by atoms with Crippen LogP contribution in [0.1, 0.15) is 18.4 Å². The third-order valence-corrected chi connectivity index (χ3v) is 6.88. The van der Waals surface area contributed by atoms with Crippen LogP contribution in [0.15, 0.2) is 24.3 Å². The standard InChI is InChI=1S/C18H26ClN3O3S/c1-26(24,25)22(11-10-20-8-4-5-9-20)16-13-21(14-16)18(23)12-15-6-2-3-7-17(15)19/h2-3,6-7,16H,4-5,8-14H2,1H3. The Balaban J connectivity index is 1.53. The van der Waals surface area contributed by atoms with Gasteiger partial charge in [-0.15, -0.1) is 0 Å². The van der Waals surface area contributed by atoms with E-state index in [9.17, 15) is 13.2 Å². The van der Waals surface area contributed by atoms with Crippen LogP contribution in [0.2, 0.25) is 5.02 Å². The monoisotopic (exact) mass is 399 g/mol. The highest BCUT2D eigenvalue weighted by molar-refractivity contribution is 7.88. The molecule has 0 unspecified atom stereocenters. The summed E-state index contributed by atoms with van der Waals surface area (Å²) < 4.78 is 25.9. The van der Waals surface area contributed by atoms with Crippen LogP contribution >= 0.6 is 11.6 Å². The maximum Gasteiger partial charge on any atom is 0.227 e. The molecule has 0 aromatic heterocycles. The molecule has 0 N–H and O–H groups in total. The van der Waals surface area contributed by atoms with E-state index in [4.69, 9.17) is 11.6 Å². The summed E-state index contributed by atoms with van der Waals surface area (Å²) in [6.45, 7) is 4.26. The third kappa shape index (κ3) is 4.76. The van der Waals surface area contributed by atoms with Crippen molar-refractivity contribution in [2.45, 2.75) is 25.3 Å². The average Bonchev–Trinajstić information content (AvgIpc) is 3.03. The predicted octanol–water partition coefficient (Wildman–Crippen LogP) is 1.45. The molecule has 2 saturated heterocycles. The second kappa shape index (κ2) is 8.25. The molecule has 0 radical (unpaired) electrons. The summed E-state index contributed by atoms with van der Waals surface area (Å²) in [6, 6.07) is 7.18. The maximum atomic E-state index is 12.4. The normalized spacial score (nSPS) is 19.1. The summed E-state index contributed by atoms with van der Waals surface area (Å²) in [5.41, 5.74) is 0.802. The minimum atomic E-state index is -3.28. The lowest BCUT2D eigenvalue weighted by Crippen LogP contribution is -2.63. The third-order valence-electron chi connectivity index (χ3n) is 5.18. The van der Waals surface area contributed by atoms with E-state index in [-0.39, 0.29) is 18.4 Å². The van der Waals surface area contributed by atoms with Gasteiger partial charge in [-0.1, -0.05) is 29.8 Å². The van der Waals surface area contributed by atoms with Crippen LogP contribution in [0, 0.1) is 0 Å². The maximum absolute atomic E-state index is 12.4. The quantitative estimate of drug-likeness (QED) is 0.696. The van der Waals surface area contributed by atoms with Gasteiger partial charge in [0.05, 0.1) is 18.7 Å². The van der Waals surface area contributed by atoms with Crippen LogP contribution in [-0.4, -0.2) is 80.0 Å². The molecule has 0 atom stereocenters. The van der Waals surface area contributed by atoms with Gasteiger partial charge in [-0.05, 0) is 37.6 Å². The number of hydrogen-bond acceptors (Lipinski definition) is 4. The summed E-state index contributed by atoms with van der Waals surface area (Å²) in [6.07, 6.45) is 3.88. The van der Waals surface area contributed by atoms with Crippen molar-refractivity contribution in [1.82, 2.24) is 14.1 Å². The smallest absolute Gasteiger partial charge is 0.227 e. The minimum Gasteiger partial charge on any atom is -0.339 e. The van der Waals surface area contributed by atoms with Crippen molar-refractivity contribution in [3.8, 4) is 0 Å².